The van der Waals surface area contributed by atoms with Gasteiger partial charge in [-0.25, -0.2) is 4.39 Å². The summed E-state index contributed by atoms with van der Waals surface area (Å²) >= 11 is 1.82. The number of benzene rings is 1. The molecule has 2 aliphatic heterocycles. The van der Waals surface area contributed by atoms with Crippen molar-refractivity contribution in [1.82, 2.24) is 10.2 Å². The summed E-state index contributed by atoms with van der Waals surface area (Å²) < 4.78 is 13.3. The third kappa shape index (κ3) is 3.77. The van der Waals surface area contributed by atoms with Gasteiger partial charge in [-0.3, -0.25) is 9.69 Å². The molecule has 2 fully saturated rings. The minimum Gasteiger partial charge on any atom is -0.349 e. The molecule has 2 atom stereocenters. The van der Waals surface area contributed by atoms with Gasteiger partial charge in [-0.2, -0.15) is 0 Å². The highest BCUT2D eigenvalue weighted by molar-refractivity contribution is 7.09. The predicted molar refractivity (Wildman–Crippen MR) is 98.2 cm³/mol. The molecule has 2 aliphatic rings. The van der Waals surface area contributed by atoms with Gasteiger partial charge in [0.05, 0.1) is 0 Å². The highest BCUT2D eigenvalue weighted by Crippen LogP contribution is 2.35. The van der Waals surface area contributed by atoms with Crippen molar-refractivity contribution in [2.45, 2.75) is 56.8 Å². The van der Waals surface area contributed by atoms with E-state index >= 15 is 0 Å². The molecule has 3 nitrogen and oxygen atoms in total. The lowest BCUT2D eigenvalue weighted by Gasteiger charge is -2.49. The van der Waals surface area contributed by atoms with Gasteiger partial charge in [-0.1, -0.05) is 18.6 Å². The van der Waals surface area contributed by atoms with Crippen LogP contribution >= 0.6 is 11.3 Å². The van der Waals surface area contributed by atoms with Crippen LogP contribution in [-0.2, 0) is 6.54 Å². The van der Waals surface area contributed by atoms with Crippen LogP contribution in [0.15, 0.2) is 41.8 Å². The monoisotopic (exact) mass is 358 g/mol. The Bertz CT molecular complexity index is 719. The van der Waals surface area contributed by atoms with Crippen LogP contribution in [0.2, 0.25) is 0 Å². The Morgan fingerprint density at radius 3 is 2.68 bits per heavy atom. The fraction of sp³-hybridized carbons (Fsp3) is 0.450. The van der Waals surface area contributed by atoms with Crippen LogP contribution in [0.25, 0.3) is 0 Å². The first-order valence-electron chi connectivity index (χ1n) is 9.03. The van der Waals surface area contributed by atoms with E-state index in [2.05, 4.69) is 27.7 Å². The van der Waals surface area contributed by atoms with Crippen LogP contribution in [0.1, 0.15) is 47.3 Å². The number of carbonyl (C=O) groups excluding carboxylic acids is 1. The molecule has 132 valence electrons. The Balaban J connectivity index is 1.42. The van der Waals surface area contributed by atoms with Crippen molar-refractivity contribution in [3.05, 3.63) is 58.0 Å². The summed E-state index contributed by atoms with van der Waals surface area (Å²) in [6.45, 7) is 1.03. The zero-order valence-corrected chi connectivity index (χ0v) is 15.0. The van der Waals surface area contributed by atoms with E-state index in [1.165, 1.54) is 36.3 Å². The molecule has 2 aromatic rings. The number of halogens is 1. The topological polar surface area (TPSA) is 32.3 Å². The molecule has 1 amide bonds. The van der Waals surface area contributed by atoms with Gasteiger partial charge >= 0.3 is 0 Å². The molecule has 1 aromatic carbocycles. The molecule has 0 radical (unpaired) electrons. The first-order valence-corrected chi connectivity index (χ1v) is 9.91. The Hall–Kier alpha value is -1.72. The van der Waals surface area contributed by atoms with Crippen LogP contribution in [0.4, 0.5) is 4.39 Å². The molecule has 0 aliphatic carbocycles. The largest absolute Gasteiger partial charge is 0.349 e. The maximum Gasteiger partial charge on any atom is 0.251 e. The number of carbonyl (C=O) groups is 1. The lowest BCUT2D eigenvalue weighted by Crippen LogP contribution is -2.56. The lowest BCUT2D eigenvalue weighted by molar-refractivity contribution is 0.0184. The van der Waals surface area contributed by atoms with Crippen LogP contribution in [0, 0.1) is 5.82 Å². The van der Waals surface area contributed by atoms with Crippen LogP contribution in [0.3, 0.4) is 0 Å². The normalized spacial score (nSPS) is 26.4. The van der Waals surface area contributed by atoms with E-state index in [0.717, 1.165) is 19.4 Å². The maximum atomic E-state index is 13.3. The second-order valence-corrected chi connectivity index (χ2v) is 8.17. The molecule has 2 saturated heterocycles. The number of amides is 1. The first-order chi connectivity index (χ1) is 12.2. The fourth-order valence-electron chi connectivity index (χ4n) is 4.34. The van der Waals surface area contributed by atoms with Gasteiger partial charge in [-0.05, 0) is 55.3 Å². The highest BCUT2D eigenvalue weighted by Gasteiger charge is 2.38. The second-order valence-electron chi connectivity index (χ2n) is 7.14. The average molecular weight is 358 g/mol. The molecular weight excluding hydrogens is 335 g/mol. The molecule has 1 N–H and O–H groups in total. The zero-order chi connectivity index (χ0) is 17.2. The van der Waals surface area contributed by atoms with Gasteiger partial charge in [0.2, 0.25) is 0 Å². The van der Waals surface area contributed by atoms with Crippen molar-refractivity contribution in [2.24, 2.45) is 0 Å². The summed E-state index contributed by atoms with van der Waals surface area (Å²) in [6, 6.07) is 11.5. The van der Waals surface area contributed by atoms with E-state index < -0.39 is 0 Å². The van der Waals surface area contributed by atoms with Gasteiger partial charge < -0.3 is 5.32 Å². The summed E-state index contributed by atoms with van der Waals surface area (Å²) in [5.74, 6) is -0.524. The highest BCUT2D eigenvalue weighted by atomic mass is 32.1. The molecule has 25 heavy (non-hydrogen) atoms. The van der Waals surface area contributed by atoms with Crippen molar-refractivity contribution in [3.63, 3.8) is 0 Å². The van der Waals surface area contributed by atoms with Crippen molar-refractivity contribution < 1.29 is 9.18 Å². The minimum absolute atomic E-state index is 0.158. The van der Waals surface area contributed by atoms with Crippen LogP contribution in [-0.4, -0.2) is 28.9 Å². The number of rotatable bonds is 4. The van der Waals surface area contributed by atoms with Gasteiger partial charge in [-0.15, -0.1) is 11.3 Å². The Morgan fingerprint density at radius 2 is 2.00 bits per heavy atom. The van der Waals surface area contributed by atoms with E-state index in [1.807, 2.05) is 11.3 Å². The number of nitrogens with zero attached hydrogens (tertiary/aromatic N) is 1. The van der Waals surface area contributed by atoms with Crippen molar-refractivity contribution in [1.29, 1.82) is 0 Å². The number of piperidine rings is 2. The van der Waals surface area contributed by atoms with Gasteiger partial charge in [0.25, 0.3) is 5.91 Å². The first kappa shape index (κ1) is 16.7. The standard InChI is InChI=1S/C20H23FN2OS/c21-15-5-1-4-14(10-15)20(24)22-16-11-17-6-2-7-18(12-16)23(17)13-19-8-3-9-25-19/h1,3-5,8-10,16-18H,2,6-7,11-13H2,(H,22,24). The SMILES string of the molecule is O=C(NC1CC2CCCC(C1)N2Cc1cccs1)c1cccc(F)c1. The minimum atomic E-state index is -0.365. The number of thiophene rings is 1. The molecule has 0 saturated carbocycles. The second kappa shape index (κ2) is 7.26. The van der Waals surface area contributed by atoms with E-state index in [9.17, 15) is 9.18 Å². The maximum absolute atomic E-state index is 13.3. The van der Waals surface area contributed by atoms with Gasteiger partial charge in [0.15, 0.2) is 0 Å². The Morgan fingerprint density at radius 1 is 1.20 bits per heavy atom. The molecule has 2 unspecified atom stereocenters. The van der Waals surface area contributed by atoms with Crippen molar-refractivity contribution in [3.8, 4) is 0 Å². The van der Waals surface area contributed by atoms with E-state index in [0.29, 0.717) is 17.6 Å². The van der Waals surface area contributed by atoms with E-state index in [4.69, 9.17) is 0 Å². The third-order valence-electron chi connectivity index (χ3n) is 5.47. The number of nitrogens with one attached hydrogen (secondary N) is 1. The Kier molecular flexibility index (Phi) is 4.86. The predicted octanol–water partition coefficient (Wildman–Crippen LogP) is 4.20. The molecule has 1 aromatic heterocycles. The fourth-order valence-corrected chi connectivity index (χ4v) is 5.05. The van der Waals surface area contributed by atoms with Crippen LogP contribution in [0.5, 0.6) is 0 Å². The molecule has 3 heterocycles. The molecule has 2 bridgehead atoms. The summed E-state index contributed by atoms with van der Waals surface area (Å²) in [5.41, 5.74) is 0.408. The van der Waals surface area contributed by atoms with E-state index in [-0.39, 0.29) is 17.8 Å². The summed E-state index contributed by atoms with van der Waals surface area (Å²) in [5, 5.41) is 5.28. The molecule has 5 heteroatoms. The summed E-state index contributed by atoms with van der Waals surface area (Å²) in [4.78, 5) is 16.5. The summed E-state index contributed by atoms with van der Waals surface area (Å²) in [6.07, 6.45) is 5.66. The Labute approximate surface area is 151 Å². The smallest absolute Gasteiger partial charge is 0.251 e. The van der Waals surface area contributed by atoms with Crippen molar-refractivity contribution >= 4 is 17.2 Å². The zero-order valence-electron chi connectivity index (χ0n) is 14.2. The molecule has 0 spiro atoms. The lowest BCUT2D eigenvalue weighted by atomic mass is 9.81. The average Bonchev–Trinajstić information content (AvgIpc) is 3.08. The third-order valence-corrected chi connectivity index (χ3v) is 6.33. The van der Waals surface area contributed by atoms with Gasteiger partial charge in [0, 0.05) is 35.1 Å². The molecular formula is C20H23FN2OS. The number of hydrogen-bond acceptors (Lipinski definition) is 3. The summed E-state index contributed by atoms with van der Waals surface area (Å²) in [7, 11) is 0. The quantitative estimate of drug-likeness (QED) is 0.888. The van der Waals surface area contributed by atoms with E-state index in [1.54, 1.807) is 12.1 Å². The number of fused-ring (bicyclic) bond motifs is 2. The number of hydrogen-bond donors (Lipinski definition) is 1. The van der Waals surface area contributed by atoms with Crippen LogP contribution < -0.4 is 5.32 Å². The van der Waals surface area contributed by atoms with Crippen molar-refractivity contribution in [2.75, 3.05) is 0 Å². The molecule has 4 rings (SSSR count). The van der Waals surface area contributed by atoms with Gasteiger partial charge in [0.1, 0.15) is 5.82 Å².